The lowest BCUT2D eigenvalue weighted by Gasteiger charge is -2.27. The first-order valence-corrected chi connectivity index (χ1v) is 7.03. The first-order valence-electron chi connectivity index (χ1n) is 7.03. The second-order valence-electron chi connectivity index (χ2n) is 5.91. The lowest BCUT2D eigenvalue weighted by atomic mass is 10.0. The highest BCUT2D eigenvalue weighted by atomic mass is 15.2. The van der Waals surface area contributed by atoms with Crippen LogP contribution in [0.4, 0.5) is 0 Å². The van der Waals surface area contributed by atoms with Gasteiger partial charge < -0.3 is 10.6 Å². The van der Waals surface area contributed by atoms with Crippen molar-refractivity contribution in [3.05, 3.63) is 0 Å². The van der Waals surface area contributed by atoms with E-state index >= 15 is 0 Å². The van der Waals surface area contributed by atoms with Crippen LogP contribution in [-0.4, -0.2) is 50.7 Å². The fourth-order valence-corrected chi connectivity index (χ4v) is 3.09. The molecule has 0 bridgehead atoms. The number of nitrogens with one attached hydrogen (secondary N) is 2. The Morgan fingerprint density at radius 2 is 1.94 bits per heavy atom. The Morgan fingerprint density at radius 1 is 1.19 bits per heavy atom. The van der Waals surface area contributed by atoms with E-state index in [0.29, 0.717) is 0 Å². The Morgan fingerprint density at radius 3 is 2.56 bits per heavy atom. The van der Waals surface area contributed by atoms with Crippen LogP contribution in [-0.2, 0) is 0 Å². The highest BCUT2D eigenvalue weighted by molar-refractivity contribution is 5.04. The summed E-state index contributed by atoms with van der Waals surface area (Å²) < 4.78 is 0. The minimum Gasteiger partial charge on any atom is -0.315 e. The van der Waals surface area contributed by atoms with Crippen molar-refractivity contribution in [2.45, 2.75) is 25.7 Å². The summed E-state index contributed by atoms with van der Waals surface area (Å²) >= 11 is 0. The van der Waals surface area contributed by atoms with E-state index in [1.807, 2.05) is 0 Å². The lowest BCUT2D eigenvalue weighted by molar-refractivity contribution is 0.238. The highest BCUT2D eigenvalue weighted by Crippen LogP contribution is 2.60. The van der Waals surface area contributed by atoms with Gasteiger partial charge in [-0.1, -0.05) is 0 Å². The summed E-state index contributed by atoms with van der Waals surface area (Å²) in [5, 5.41) is 7.10. The van der Waals surface area contributed by atoms with Gasteiger partial charge in [0.1, 0.15) is 0 Å². The standard InChI is InChI=1S/C13H25N3/c1-2-12(1)13(3-4-13)11-15-7-10-16-8-5-14-6-9-16/h12,14-15H,1-11H2. The molecule has 3 nitrogen and oxygen atoms in total. The number of piperazine rings is 1. The first kappa shape index (κ1) is 11.0. The lowest BCUT2D eigenvalue weighted by Crippen LogP contribution is -2.46. The molecular formula is C13H25N3. The molecule has 92 valence electrons. The monoisotopic (exact) mass is 223 g/mol. The van der Waals surface area contributed by atoms with E-state index < -0.39 is 0 Å². The summed E-state index contributed by atoms with van der Waals surface area (Å²) in [4.78, 5) is 2.57. The number of rotatable bonds is 6. The van der Waals surface area contributed by atoms with Gasteiger partial charge in [0, 0.05) is 45.8 Å². The first-order chi connectivity index (χ1) is 7.89. The van der Waals surface area contributed by atoms with Gasteiger partial charge in [-0.15, -0.1) is 0 Å². The van der Waals surface area contributed by atoms with Gasteiger partial charge in [0.05, 0.1) is 0 Å². The maximum Gasteiger partial charge on any atom is 0.0108 e. The van der Waals surface area contributed by atoms with Gasteiger partial charge in [-0.25, -0.2) is 0 Å². The van der Waals surface area contributed by atoms with E-state index in [1.54, 1.807) is 0 Å². The topological polar surface area (TPSA) is 27.3 Å². The van der Waals surface area contributed by atoms with Crippen molar-refractivity contribution >= 4 is 0 Å². The Labute approximate surface area is 99.0 Å². The second kappa shape index (κ2) is 4.63. The molecule has 2 saturated carbocycles. The van der Waals surface area contributed by atoms with E-state index in [9.17, 15) is 0 Å². The molecule has 0 radical (unpaired) electrons. The predicted octanol–water partition coefficient (Wildman–Crippen LogP) is 0.671. The molecule has 16 heavy (non-hydrogen) atoms. The Bertz CT molecular complexity index is 227. The van der Waals surface area contributed by atoms with Crippen molar-refractivity contribution in [1.82, 2.24) is 15.5 Å². The smallest absolute Gasteiger partial charge is 0.0108 e. The van der Waals surface area contributed by atoms with Crippen LogP contribution in [0.25, 0.3) is 0 Å². The second-order valence-corrected chi connectivity index (χ2v) is 5.91. The maximum atomic E-state index is 3.69. The third kappa shape index (κ3) is 2.58. The van der Waals surface area contributed by atoms with Gasteiger partial charge in [0.2, 0.25) is 0 Å². The molecule has 0 aromatic rings. The van der Waals surface area contributed by atoms with Crippen LogP contribution >= 0.6 is 0 Å². The fraction of sp³-hybridized carbons (Fsp3) is 1.00. The number of nitrogens with zero attached hydrogens (tertiary/aromatic N) is 1. The Balaban J connectivity index is 1.29. The Kier molecular flexibility index (Phi) is 3.18. The molecule has 3 heteroatoms. The van der Waals surface area contributed by atoms with Gasteiger partial charge >= 0.3 is 0 Å². The zero-order valence-electron chi connectivity index (χ0n) is 10.3. The number of hydrogen-bond acceptors (Lipinski definition) is 3. The van der Waals surface area contributed by atoms with Crippen LogP contribution in [0.3, 0.4) is 0 Å². The summed E-state index contributed by atoms with van der Waals surface area (Å²) in [6.45, 7) is 8.53. The van der Waals surface area contributed by atoms with Crippen molar-refractivity contribution in [1.29, 1.82) is 0 Å². The molecule has 0 amide bonds. The molecular weight excluding hydrogens is 198 g/mol. The average Bonchev–Trinajstić information content (AvgIpc) is 3.17. The van der Waals surface area contributed by atoms with Gasteiger partial charge in [0.15, 0.2) is 0 Å². The van der Waals surface area contributed by atoms with Crippen molar-refractivity contribution in [2.24, 2.45) is 11.3 Å². The molecule has 3 fully saturated rings. The van der Waals surface area contributed by atoms with E-state index in [-0.39, 0.29) is 0 Å². The fourth-order valence-electron chi connectivity index (χ4n) is 3.09. The molecule has 0 aromatic carbocycles. The minimum atomic E-state index is 0.767. The zero-order valence-corrected chi connectivity index (χ0v) is 10.3. The molecule has 1 aliphatic heterocycles. The minimum absolute atomic E-state index is 0.767. The van der Waals surface area contributed by atoms with Gasteiger partial charge in [-0.05, 0) is 37.0 Å². The van der Waals surface area contributed by atoms with E-state index in [2.05, 4.69) is 15.5 Å². The molecule has 2 N–H and O–H groups in total. The molecule has 0 atom stereocenters. The van der Waals surface area contributed by atoms with Crippen molar-refractivity contribution in [3.63, 3.8) is 0 Å². The Hall–Kier alpha value is -0.120. The van der Waals surface area contributed by atoms with Crippen LogP contribution in [0.1, 0.15) is 25.7 Å². The van der Waals surface area contributed by atoms with Crippen molar-refractivity contribution < 1.29 is 0 Å². The average molecular weight is 223 g/mol. The summed E-state index contributed by atoms with van der Waals surface area (Å²) in [6.07, 6.45) is 6.02. The molecule has 0 spiro atoms. The van der Waals surface area contributed by atoms with E-state index in [4.69, 9.17) is 0 Å². The SMILES string of the molecule is C1CN(CCNCC2(C3CC3)CC2)CCN1. The van der Waals surface area contributed by atoms with Crippen LogP contribution in [0.15, 0.2) is 0 Å². The highest BCUT2D eigenvalue weighted by Gasteiger charge is 2.53. The summed E-state index contributed by atoms with van der Waals surface area (Å²) in [6, 6.07) is 0. The normalized spacial score (nSPS) is 29.2. The van der Waals surface area contributed by atoms with Crippen molar-refractivity contribution in [3.8, 4) is 0 Å². The molecule has 0 unspecified atom stereocenters. The summed E-state index contributed by atoms with van der Waals surface area (Å²) in [5.74, 6) is 1.10. The van der Waals surface area contributed by atoms with E-state index in [1.165, 1.54) is 71.5 Å². The molecule has 1 saturated heterocycles. The molecule has 1 heterocycles. The van der Waals surface area contributed by atoms with Crippen molar-refractivity contribution in [2.75, 3.05) is 45.8 Å². The third-order valence-electron chi connectivity index (χ3n) is 4.63. The van der Waals surface area contributed by atoms with Gasteiger partial charge in [0.25, 0.3) is 0 Å². The van der Waals surface area contributed by atoms with Crippen LogP contribution in [0, 0.1) is 11.3 Å². The molecule has 3 rings (SSSR count). The van der Waals surface area contributed by atoms with Gasteiger partial charge in [-0.3, -0.25) is 4.90 Å². The predicted molar refractivity (Wildman–Crippen MR) is 66.6 cm³/mol. The third-order valence-corrected chi connectivity index (χ3v) is 4.63. The van der Waals surface area contributed by atoms with E-state index in [0.717, 1.165) is 11.3 Å². The summed E-state index contributed by atoms with van der Waals surface area (Å²) in [5.41, 5.74) is 0.767. The quantitative estimate of drug-likeness (QED) is 0.648. The van der Waals surface area contributed by atoms with Crippen LogP contribution in [0.5, 0.6) is 0 Å². The summed E-state index contributed by atoms with van der Waals surface area (Å²) in [7, 11) is 0. The van der Waals surface area contributed by atoms with Crippen LogP contribution < -0.4 is 10.6 Å². The number of hydrogen-bond donors (Lipinski definition) is 2. The van der Waals surface area contributed by atoms with Gasteiger partial charge in [-0.2, -0.15) is 0 Å². The molecule has 0 aromatic heterocycles. The molecule has 2 aliphatic carbocycles. The zero-order chi connectivity index (χ0) is 10.8. The molecule has 3 aliphatic rings. The largest absolute Gasteiger partial charge is 0.315 e. The maximum absolute atomic E-state index is 3.69. The van der Waals surface area contributed by atoms with Crippen LogP contribution in [0.2, 0.25) is 0 Å².